The number of nitro groups is 1. The number of alkyl halides is 3. The van der Waals surface area contributed by atoms with Crippen molar-refractivity contribution in [2.24, 2.45) is 0 Å². The molecule has 2 aromatic carbocycles. The molecule has 0 bridgehead atoms. The summed E-state index contributed by atoms with van der Waals surface area (Å²) in [7, 11) is 0. The van der Waals surface area contributed by atoms with Crippen molar-refractivity contribution < 1.29 is 9.72 Å². The van der Waals surface area contributed by atoms with Crippen LogP contribution in [0.3, 0.4) is 0 Å². The fourth-order valence-electron chi connectivity index (χ4n) is 1.97. The number of amides is 1. The summed E-state index contributed by atoms with van der Waals surface area (Å²) in [6.45, 7) is 0. The second kappa shape index (κ2) is 9.18. The number of anilines is 1. The Bertz CT molecular complexity index is 829. The minimum absolute atomic E-state index is 0.0496. The van der Waals surface area contributed by atoms with Crippen LogP contribution in [0.1, 0.15) is 10.4 Å². The van der Waals surface area contributed by atoms with E-state index in [1.54, 1.807) is 30.3 Å². The van der Waals surface area contributed by atoms with Crippen molar-refractivity contribution in [2.45, 2.75) is 9.96 Å². The lowest BCUT2D eigenvalue weighted by Crippen LogP contribution is -2.56. The van der Waals surface area contributed by atoms with Crippen LogP contribution in [-0.2, 0) is 0 Å². The van der Waals surface area contributed by atoms with Gasteiger partial charge in [-0.1, -0.05) is 53.0 Å². The number of non-ortho nitro benzene ring substituents is 1. The van der Waals surface area contributed by atoms with E-state index in [9.17, 15) is 14.9 Å². The third-order valence-corrected chi connectivity index (χ3v) is 4.12. The van der Waals surface area contributed by atoms with Gasteiger partial charge in [0.25, 0.3) is 11.6 Å². The van der Waals surface area contributed by atoms with Crippen LogP contribution >= 0.6 is 47.0 Å². The highest BCUT2D eigenvalue weighted by molar-refractivity contribution is 7.80. The first-order valence-electron chi connectivity index (χ1n) is 7.41. The monoisotopic (exact) mass is 446 g/mol. The standard InChI is InChI=1S/C16H13Cl3N4O3S/c17-16(18,19)14(21-13(24)10-4-2-1-3-5-10)22-15(27)20-11-6-8-12(9-7-11)23(25)26/h1-9,14H,(H,21,24)(H2,20,22,27)/t14-/m1/s1. The summed E-state index contributed by atoms with van der Waals surface area (Å²) in [6, 6.07) is 14.0. The fraction of sp³-hybridized carbons (Fsp3) is 0.125. The lowest BCUT2D eigenvalue weighted by molar-refractivity contribution is -0.384. The molecule has 11 heteroatoms. The Labute approximate surface area is 175 Å². The van der Waals surface area contributed by atoms with Crippen molar-refractivity contribution in [1.82, 2.24) is 10.6 Å². The van der Waals surface area contributed by atoms with Gasteiger partial charge in [-0.2, -0.15) is 0 Å². The van der Waals surface area contributed by atoms with Crippen LogP contribution in [0.2, 0.25) is 0 Å². The number of carbonyl (C=O) groups is 1. The van der Waals surface area contributed by atoms with Crippen molar-refractivity contribution in [2.75, 3.05) is 5.32 Å². The zero-order valence-electron chi connectivity index (χ0n) is 13.5. The summed E-state index contributed by atoms with van der Waals surface area (Å²) in [5.74, 6) is -0.461. The number of hydrogen-bond acceptors (Lipinski definition) is 4. The Balaban J connectivity index is 2.03. The molecule has 2 rings (SSSR count). The number of benzene rings is 2. The minimum atomic E-state index is -1.90. The second-order valence-electron chi connectivity index (χ2n) is 5.22. The van der Waals surface area contributed by atoms with E-state index in [-0.39, 0.29) is 10.8 Å². The molecule has 0 aliphatic carbocycles. The van der Waals surface area contributed by atoms with Gasteiger partial charge in [-0.3, -0.25) is 14.9 Å². The van der Waals surface area contributed by atoms with Crippen LogP contribution < -0.4 is 16.0 Å². The summed E-state index contributed by atoms with van der Waals surface area (Å²) < 4.78 is -1.90. The Morgan fingerprint density at radius 1 is 1.04 bits per heavy atom. The molecule has 27 heavy (non-hydrogen) atoms. The van der Waals surface area contributed by atoms with Gasteiger partial charge in [0.1, 0.15) is 6.17 Å². The number of halogens is 3. The number of nitro benzene ring substituents is 1. The molecule has 2 aromatic rings. The molecule has 0 aliphatic heterocycles. The number of nitrogens with zero attached hydrogens (tertiary/aromatic N) is 1. The molecule has 7 nitrogen and oxygen atoms in total. The molecule has 0 saturated carbocycles. The number of thiocarbonyl (C=S) groups is 1. The zero-order chi connectivity index (χ0) is 20.0. The van der Waals surface area contributed by atoms with Gasteiger partial charge < -0.3 is 16.0 Å². The average molecular weight is 448 g/mol. The molecule has 0 unspecified atom stereocenters. The van der Waals surface area contributed by atoms with Gasteiger partial charge in [0.15, 0.2) is 5.11 Å². The van der Waals surface area contributed by atoms with Crippen LogP contribution in [0.25, 0.3) is 0 Å². The minimum Gasteiger partial charge on any atom is -0.339 e. The highest BCUT2D eigenvalue weighted by Crippen LogP contribution is 2.29. The maximum Gasteiger partial charge on any atom is 0.269 e. The van der Waals surface area contributed by atoms with Crippen molar-refractivity contribution in [3.05, 3.63) is 70.3 Å². The molecule has 0 spiro atoms. The van der Waals surface area contributed by atoms with Gasteiger partial charge in [-0.25, -0.2) is 0 Å². The average Bonchev–Trinajstić information content (AvgIpc) is 2.61. The molecule has 142 valence electrons. The van der Waals surface area contributed by atoms with Crippen LogP contribution in [0.15, 0.2) is 54.6 Å². The highest BCUT2D eigenvalue weighted by Gasteiger charge is 2.34. The van der Waals surface area contributed by atoms with Crippen LogP contribution in [0, 0.1) is 10.1 Å². The number of rotatable bonds is 5. The van der Waals surface area contributed by atoms with Gasteiger partial charge >= 0.3 is 0 Å². The summed E-state index contributed by atoms with van der Waals surface area (Å²) in [4.78, 5) is 22.4. The molecule has 0 aromatic heterocycles. The lowest BCUT2D eigenvalue weighted by Gasteiger charge is -2.27. The maximum absolute atomic E-state index is 12.3. The molecule has 0 saturated heterocycles. The van der Waals surface area contributed by atoms with Crippen molar-refractivity contribution in [3.8, 4) is 0 Å². The third kappa shape index (κ3) is 6.51. The lowest BCUT2D eigenvalue weighted by atomic mass is 10.2. The first kappa shape index (κ1) is 21.2. The zero-order valence-corrected chi connectivity index (χ0v) is 16.6. The van der Waals surface area contributed by atoms with Gasteiger partial charge in [0.05, 0.1) is 4.92 Å². The van der Waals surface area contributed by atoms with E-state index in [0.717, 1.165) is 0 Å². The summed E-state index contributed by atoms with van der Waals surface area (Å²) >= 11 is 22.9. The normalized spacial score (nSPS) is 12.0. The number of carbonyl (C=O) groups excluding carboxylic acids is 1. The van der Waals surface area contributed by atoms with E-state index in [1.807, 2.05) is 0 Å². The summed E-state index contributed by atoms with van der Waals surface area (Å²) in [6.07, 6.45) is -1.13. The van der Waals surface area contributed by atoms with Crippen LogP contribution in [0.5, 0.6) is 0 Å². The van der Waals surface area contributed by atoms with Gasteiger partial charge in [0, 0.05) is 23.4 Å². The molecular formula is C16H13Cl3N4O3S. The molecule has 1 amide bonds. The van der Waals surface area contributed by atoms with E-state index >= 15 is 0 Å². The van der Waals surface area contributed by atoms with Crippen LogP contribution in [-0.4, -0.2) is 25.9 Å². The predicted octanol–water partition coefficient (Wildman–Crippen LogP) is 4.01. The Morgan fingerprint density at radius 3 is 2.15 bits per heavy atom. The largest absolute Gasteiger partial charge is 0.339 e. The SMILES string of the molecule is O=C(N[C@H](NC(=S)Nc1ccc([N+](=O)[O-])cc1)C(Cl)(Cl)Cl)c1ccccc1. The molecule has 1 atom stereocenters. The molecule has 0 fully saturated rings. The second-order valence-corrected chi connectivity index (χ2v) is 7.99. The van der Waals surface area contributed by atoms with Gasteiger partial charge in [-0.05, 0) is 36.5 Å². The summed E-state index contributed by atoms with van der Waals surface area (Å²) in [5, 5.41) is 18.8. The van der Waals surface area contributed by atoms with E-state index in [0.29, 0.717) is 11.3 Å². The smallest absolute Gasteiger partial charge is 0.269 e. The third-order valence-electron chi connectivity index (χ3n) is 3.25. The van der Waals surface area contributed by atoms with Crippen molar-refractivity contribution in [1.29, 1.82) is 0 Å². The maximum atomic E-state index is 12.3. The molecule has 0 aliphatic rings. The van der Waals surface area contributed by atoms with E-state index < -0.39 is 20.8 Å². The van der Waals surface area contributed by atoms with Crippen molar-refractivity contribution >= 4 is 69.4 Å². The molecule has 3 N–H and O–H groups in total. The van der Waals surface area contributed by atoms with E-state index in [4.69, 9.17) is 47.0 Å². The quantitative estimate of drug-likeness (QED) is 0.211. The summed E-state index contributed by atoms with van der Waals surface area (Å²) in [5.41, 5.74) is 0.803. The number of hydrogen-bond donors (Lipinski definition) is 3. The van der Waals surface area contributed by atoms with E-state index in [1.165, 1.54) is 24.3 Å². The van der Waals surface area contributed by atoms with Crippen molar-refractivity contribution in [3.63, 3.8) is 0 Å². The first-order chi connectivity index (χ1) is 12.7. The fourth-order valence-corrected chi connectivity index (χ4v) is 2.53. The Kier molecular flexibility index (Phi) is 7.20. The first-order valence-corrected chi connectivity index (χ1v) is 8.95. The van der Waals surface area contributed by atoms with Crippen LogP contribution in [0.4, 0.5) is 11.4 Å². The van der Waals surface area contributed by atoms with Gasteiger partial charge in [0.2, 0.25) is 3.79 Å². The number of nitrogens with one attached hydrogen (secondary N) is 3. The van der Waals surface area contributed by atoms with E-state index in [2.05, 4.69) is 16.0 Å². The Morgan fingerprint density at radius 2 is 1.63 bits per heavy atom. The topological polar surface area (TPSA) is 96.3 Å². The molecular weight excluding hydrogens is 435 g/mol. The highest BCUT2D eigenvalue weighted by atomic mass is 35.6. The Hall–Kier alpha value is -2.13. The molecule has 0 radical (unpaired) electrons. The molecule has 0 heterocycles. The van der Waals surface area contributed by atoms with Gasteiger partial charge in [-0.15, -0.1) is 0 Å². The predicted molar refractivity (Wildman–Crippen MR) is 110 cm³/mol.